The Bertz CT molecular complexity index is 2010. The summed E-state index contributed by atoms with van der Waals surface area (Å²) in [5.74, 6) is 0.247. The standard InChI is InChI=1S/C41H34ClN3O4S/c1-49-37(46)22-23-50-27-28-12-11-13-29(24-28)40(48)44-36-21-20-33(42)25-34(36)38(47)35-26-43-45-39(35)41(30-14-5-2-6-15-30,31-16-7-3-8-17-31)32-18-9-4-10-19-32/h2-21,24-26H,22-23,27H2,1H3,(H,43,45)(H,44,48). The van der Waals surface area contributed by atoms with Gasteiger partial charge in [-0.1, -0.05) is 115 Å². The van der Waals surface area contributed by atoms with Crippen LogP contribution in [0.4, 0.5) is 5.69 Å². The third kappa shape index (κ3) is 7.27. The number of H-pyrrole nitrogens is 1. The average molecular weight is 700 g/mol. The summed E-state index contributed by atoms with van der Waals surface area (Å²) in [6.45, 7) is 0. The van der Waals surface area contributed by atoms with Crippen LogP contribution in [0.25, 0.3) is 0 Å². The zero-order valence-electron chi connectivity index (χ0n) is 27.3. The third-order valence-electron chi connectivity index (χ3n) is 8.47. The number of thioether (sulfide) groups is 1. The van der Waals surface area contributed by atoms with Gasteiger partial charge in [0, 0.05) is 33.9 Å². The molecule has 6 aromatic rings. The molecule has 6 rings (SSSR count). The molecule has 1 heterocycles. The molecule has 0 saturated carbocycles. The second kappa shape index (κ2) is 15.8. The van der Waals surface area contributed by atoms with Crippen LogP contribution in [-0.4, -0.2) is 40.7 Å². The van der Waals surface area contributed by atoms with E-state index in [0.29, 0.717) is 45.5 Å². The van der Waals surface area contributed by atoms with Crippen molar-refractivity contribution in [3.05, 3.63) is 189 Å². The molecule has 5 aromatic carbocycles. The number of amides is 1. The number of nitrogens with zero attached hydrogens (tertiary/aromatic N) is 1. The lowest BCUT2D eigenvalue weighted by atomic mass is 9.66. The minimum atomic E-state index is -0.966. The molecule has 9 heteroatoms. The molecule has 1 amide bonds. The number of hydrogen-bond donors (Lipinski definition) is 2. The van der Waals surface area contributed by atoms with Gasteiger partial charge >= 0.3 is 5.97 Å². The first-order valence-electron chi connectivity index (χ1n) is 16.0. The maximum Gasteiger partial charge on any atom is 0.306 e. The largest absolute Gasteiger partial charge is 0.469 e. The first-order valence-corrected chi connectivity index (χ1v) is 17.5. The summed E-state index contributed by atoms with van der Waals surface area (Å²) in [7, 11) is 1.37. The highest BCUT2D eigenvalue weighted by molar-refractivity contribution is 7.98. The first-order chi connectivity index (χ1) is 24.4. The Balaban J connectivity index is 1.37. The molecular weight excluding hydrogens is 666 g/mol. The predicted octanol–water partition coefficient (Wildman–Crippen LogP) is 8.73. The van der Waals surface area contributed by atoms with Crippen LogP contribution < -0.4 is 5.32 Å². The van der Waals surface area contributed by atoms with Crippen LogP contribution in [0.3, 0.4) is 0 Å². The molecule has 0 fully saturated rings. The van der Waals surface area contributed by atoms with E-state index in [1.54, 1.807) is 48.3 Å². The van der Waals surface area contributed by atoms with E-state index in [1.807, 2.05) is 103 Å². The second-order valence-corrected chi connectivity index (χ2v) is 13.1. The summed E-state index contributed by atoms with van der Waals surface area (Å²) in [6.07, 6.45) is 1.92. The maximum absolute atomic E-state index is 14.7. The lowest BCUT2D eigenvalue weighted by Crippen LogP contribution is -2.33. The molecule has 0 unspecified atom stereocenters. The van der Waals surface area contributed by atoms with Gasteiger partial charge in [0.2, 0.25) is 0 Å². The summed E-state index contributed by atoms with van der Waals surface area (Å²) in [5, 5.41) is 11.1. The van der Waals surface area contributed by atoms with Crippen molar-refractivity contribution in [1.29, 1.82) is 0 Å². The van der Waals surface area contributed by atoms with Gasteiger partial charge in [0.25, 0.3) is 5.91 Å². The monoisotopic (exact) mass is 699 g/mol. The fourth-order valence-electron chi connectivity index (χ4n) is 6.13. The SMILES string of the molecule is COC(=O)CCSCc1cccc(C(=O)Nc2ccc(Cl)cc2C(=O)c2c[nH]nc2C(c2ccccc2)(c2ccccc2)c2ccccc2)c1. The van der Waals surface area contributed by atoms with Gasteiger partial charge in [0.15, 0.2) is 5.78 Å². The lowest BCUT2D eigenvalue weighted by molar-refractivity contribution is -0.140. The van der Waals surface area contributed by atoms with Gasteiger partial charge in [-0.05, 0) is 52.6 Å². The van der Waals surface area contributed by atoms with Crippen LogP contribution in [0.15, 0.2) is 140 Å². The van der Waals surface area contributed by atoms with Crippen molar-refractivity contribution in [2.75, 3.05) is 18.2 Å². The average Bonchev–Trinajstić information content (AvgIpc) is 3.66. The number of halogens is 1. The Morgan fingerprint density at radius 1 is 0.780 bits per heavy atom. The number of benzene rings is 5. The molecule has 50 heavy (non-hydrogen) atoms. The lowest BCUT2D eigenvalue weighted by Gasteiger charge is -2.35. The van der Waals surface area contributed by atoms with Crippen LogP contribution in [0.2, 0.25) is 5.02 Å². The molecule has 250 valence electrons. The fourth-order valence-corrected chi connectivity index (χ4v) is 7.17. The normalized spacial score (nSPS) is 11.2. The molecule has 0 spiro atoms. The molecule has 0 radical (unpaired) electrons. The van der Waals surface area contributed by atoms with Crippen molar-refractivity contribution in [1.82, 2.24) is 10.2 Å². The van der Waals surface area contributed by atoms with E-state index >= 15 is 0 Å². The molecule has 0 bridgehead atoms. The van der Waals surface area contributed by atoms with Crippen LogP contribution in [0, 0.1) is 0 Å². The van der Waals surface area contributed by atoms with Gasteiger partial charge in [-0.15, -0.1) is 0 Å². The van der Waals surface area contributed by atoms with Gasteiger partial charge < -0.3 is 10.1 Å². The predicted molar refractivity (Wildman–Crippen MR) is 199 cm³/mol. The summed E-state index contributed by atoms with van der Waals surface area (Å²) in [6, 6.07) is 42.1. The van der Waals surface area contributed by atoms with Crippen LogP contribution in [0.1, 0.15) is 60.6 Å². The number of aromatic amines is 1. The number of anilines is 1. The van der Waals surface area contributed by atoms with Crippen molar-refractivity contribution in [3.8, 4) is 0 Å². The topological polar surface area (TPSA) is 101 Å². The van der Waals surface area contributed by atoms with Gasteiger partial charge in [-0.2, -0.15) is 16.9 Å². The van der Waals surface area contributed by atoms with E-state index in [2.05, 4.69) is 10.4 Å². The number of nitrogens with one attached hydrogen (secondary N) is 2. The highest BCUT2D eigenvalue weighted by Crippen LogP contribution is 2.46. The Kier molecular flexibility index (Phi) is 10.9. The summed E-state index contributed by atoms with van der Waals surface area (Å²) < 4.78 is 4.71. The minimum Gasteiger partial charge on any atom is -0.469 e. The molecule has 1 aromatic heterocycles. The maximum atomic E-state index is 14.7. The van der Waals surface area contributed by atoms with Crippen LogP contribution in [-0.2, 0) is 20.7 Å². The highest BCUT2D eigenvalue weighted by atomic mass is 35.5. The summed E-state index contributed by atoms with van der Waals surface area (Å²) in [4.78, 5) is 39.8. The van der Waals surface area contributed by atoms with E-state index in [-0.39, 0.29) is 23.2 Å². The van der Waals surface area contributed by atoms with Crippen molar-refractivity contribution in [2.45, 2.75) is 17.6 Å². The van der Waals surface area contributed by atoms with Crippen LogP contribution >= 0.6 is 23.4 Å². The number of methoxy groups -OCH3 is 1. The summed E-state index contributed by atoms with van der Waals surface area (Å²) >= 11 is 8.06. The third-order valence-corrected chi connectivity index (χ3v) is 9.74. The number of carbonyl (C=O) groups excluding carboxylic acids is 3. The van der Waals surface area contributed by atoms with Gasteiger partial charge in [0.05, 0.1) is 35.9 Å². The van der Waals surface area contributed by atoms with E-state index in [1.165, 1.54) is 7.11 Å². The number of hydrogen-bond acceptors (Lipinski definition) is 6. The number of rotatable bonds is 13. The number of carbonyl (C=O) groups is 3. The molecular formula is C41H34ClN3O4S. The molecule has 7 nitrogen and oxygen atoms in total. The first kappa shape index (κ1) is 34.4. The molecule has 0 saturated heterocycles. The van der Waals surface area contributed by atoms with E-state index < -0.39 is 5.41 Å². The number of esters is 1. The van der Waals surface area contributed by atoms with Crippen molar-refractivity contribution < 1.29 is 19.1 Å². The van der Waals surface area contributed by atoms with Gasteiger partial charge in [0.1, 0.15) is 0 Å². The van der Waals surface area contributed by atoms with E-state index in [4.69, 9.17) is 21.4 Å². The van der Waals surface area contributed by atoms with E-state index in [9.17, 15) is 14.4 Å². The number of aromatic nitrogens is 2. The molecule has 0 atom stereocenters. The Hall–Kier alpha value is -5.44. The Morgan fingerprint density at radius 3 is 2.00 bits per heavy atom. The Morgan fingerprint density at radius 2 is 1.40 bits per heavy atom. The molecule has 0 aliphatic rings. The smallest absolute Gasteiger partial charge is 0.306 e. The minimum absolute atomic E-state index is 0.228. The fraction of sp³-hybridized carbons (Fsp3) is 0.122. The zero-order valence-corrected chi connectivity index (χ0v) is 28.8. The van der Waals surface area contributed by atoms with Gasteiger partial charge in [-0.3, -0.25) is 19.5 Å². The highest BCUT2D eigenvalue weighted by Gasteiger charge is 2.43. The van der Waals surface area contributed by atoms with E-state index in [0.717, 1.165) is 22.3 Å². The van der Waals surface area contributed by atoms with Crippen molar-refractivity contribution in [2.24, 2.45) is 0 Å². The quantitative estimate of drug-likeness (QED) is 0.0541. The summed E-state index contributed by atoms with van der Waals surface area (Å²) in [5.41, 5.74) is 4.60. The second-order valence-electron chi connectivity index (χ2n) is 11.5. The van der Waals surface area contributed by atoms with Crippen molar-refractivity contribution in [3.63, 3.8) is 0 Å². The van der Waals surface area contributed by atoms with Crippen molar-refractivity contribution >= 4 is 46.7 Å². The number of ether oxygens (including phenoxy) is 1. The van der Waals surface area contributed by atoms with Crippen LogP contribution in [0.5, 0.6) is 0 Å². The molecule has 0 aliphatic heterocycles. The molecule has 0 aliphatic carbocycles. The zero-order chi connectivity index (χ0) is 34.9. The molecule has 2 N–H and O–H groups in total. The number of ketones is 1. The Labute approximate surface area is 300 Å². The van der Waals surface area contributed by atoms with Gasteiger partial charge in [-0.25, -0.2) is 0 Å².